The van der Waals surface area contributed by atoms with Gasteiger partial charge in [-0.25, -0.2) is 0 Å². The average molecular weight is 466 g/mol. The van der Waals surface area contributed by atoms with E-state index in [0.29, 0.717) is 23.7 Å². The van der Waals surface area contributed by atoms with E-state index in [1.165, 1.54) is 0 Å². The smallest absolute Gasteiger partial charge is 0.276 e. The number of amides is 2. The number of thiocarbonyl (C=S) groups is 1. The molecule has 8 heteroatoms. The molecule has 3 aromatic carbocycles. The Morgan fingerprint density at radius 3 is 2.42 bits per heavy atom. The van der Waals surface area contributed by atoms with Crippen LogP contribution < -0.4 is 25.6 Å². The summed E-state index contributed by atoms with van der Waals surface area (Å²) in [4.78, 5) is 24.4. The number of benzene rings is 3. The zero-order valence-corrected chi connectivity index (χ0v) is 19.2. The molecule has 0 aromatic heterocycles. The summed E-state index contributed by atoms with van der Waals surface area (Å²) in [5.74, 6) is 0.481. The van der Waals surface area contributed by atoms with Crippen LogP contribution in [0.1, 0.15) is 36.5 Å². The number of hydrogen-bond donors (Lipinski definition) is 3. The third-order valence-electron chi connectivity index (χ3n) is 4.78. The highest BCUT2D eigenvalue weighted by Gasteiger charge is 2.10. The summed E-state index contributed by atoms with van der Waals surface area (Å²) in [6.07, 6.45) is 3.25. The van der Waals surface area contributed by atoms with E-state index < -0.39 is 11.8 Å². The van der Waals surface area contributed by atoms with Gasteiger partial charge < -0.3 is 9.47 Å². The molecule has 0 aliphatic carbocycles. The lowest BCUT2D eigenvalue weighted by Crippen LogP contribution is -2.49. The Kier molecular flexibility index (Phi) is 9.02. The summed E-state index contributed by atoms with van der Waals surface area (Å²) in [5.41, 5.74) is 5.34. The van der Waals surface area contributed by atoms with E-state index in [0.717, 1.165) is 30.0 Å². The number of hydrazine groups is 1. The van der Waals surface area contributed by atoms with Crippen LogP contribution in [-0.2, 0) is 4.79 Å². The second-order valence-electron chi connectivity index (χ2n) is 7.30. The number of fused-ring (bicyclic) bond motifs is 1. The molecule has 0 unspecified atom stereocenters. The van der Waals surface area contributed by atoms with Crippen molar-refractivity contribution in [2.75, 3.05) is 13.2 Å². The van der Waals surface area contributed by atoms with Crippen LogP contribution in [0.15, 0.2) is 66.7 Å². The van der Waals surface area contributed by atoms with Gasteiger partial charge in [0, 0.05) is 10.9 Å². The van der Waals surface area contributed by atoms with E-state index in [9.17, 15) is 9.59 Å². The van der Waals surface area contributed by atoms with Crippen molar-refractivity contribution in [3.63, 3.8) is 0 Å². The van der Waals surface area contributed by atoms with Crippen LogP contribution in [0.5, 0.6) is 11.5 Å². The second-order valence-corrected chi connectivity index (χ2v) is 7.71. The van der Waals surface area contributed by atoms with Crippen molar-refractivity contribution >= 4 is 39.9 Å². The molecule has 7 nitrogen and oxygen atoms in total. The minimum absolute atomic E-state index is 0.0293. The lowest BCUT2D eigenvalue weighted by molar-refractivity contribution is -0.123. The first-order valence-corrected chi connectivity index (χ1v) is 11.2. The number of carbonyl (C=O) groups is 2. The largest absolute Gasteiger partial charge is 0.494 e. The van der Waals surface area contributed by atoms with Gasteiger partial charge in [0.05, 0.1) is 6.61 Å². The molecule has 0 heterocycles. The van der Waals surface area contributed by atoms with E-state index in [-0.39, 0.29) is 11.7 Å². The molecular weight excluding hydrogens is 438 g/mol. The average Bonchev–Trinajstić information content (AvgIpc) is 2.84. The molecule has 0 spiro atoms. The van der Waals surface area contributed by atoms with Crippen molar-refractivity contribution in [1.29, 1.82) is 0 Å². The molecule has 2 amide bonds. The van der Waals surface area contributed by atoms with Crippen LogP contribution in [0.25, 0.3) is 10.8 Å². The second kappa shape index (κ2) is 12.4. The molecule has 33 heavy (non-hydrogen) atoms. The molecule has 172 valence electrons. The van der Waals surface area contributed by atoms with Crippen LogP contribution in [0.3, 0.4) is 0 Å². The number of unbranched alkanes of at least 4 members (excludes halogenated alkanes) is 2. The normalized spacial score (nSPS) is 10.3. The standard InChI is InChI=1S/C25H27N3O4S/c1-2-3-6-16-31-20-14-12-19(13-15-20)24(30)26-25(33)28-27-23(29)17-32-22-11-7-9-18-8-4-5-10-21(18)22/h4-5,7-15H,2-3,6,16-17H2,1H3,(H,27,29)(H2,26,28,30,33). The van der Waals surface area contributed by atoms with Crippen molar-refractivity contribution in [2.45, 2.75) is 26.2 Å². The maximum Gasteiger partial charge on any atom is 0.276 e. The van der Waals surface area contributed by atoms with Gasteiger partial charge in [0.1, 0.15) is 11.5 Å². The zero-order chi connectivity index (χ0) is 23.5. The number of hydrogen-bond acceptors (Lipinski definition) is 5. The highest BCUT2D eigenvalue weighted by molar-refractivity contribution is 7.80. The van der Waals surface area contributed by atoms with Gasteiger partial charge in [-0.15, -0.1) is 0 Å². The first-order chi connectivity index (χ1) is 16.1. The first kappa shape index (κ1) is 24.0. The van der Waals surface area contributed by atoms with Gasteiger partial charge in [0.15, 0.2) is 11.7 Å². The third-order valence-corrected chi connectivity index (χ3v) is 4.99. The van der Waals surface area contributed by atoms with Gasteiger partial charge in [0.2, 0.25) is 0 Å². The fourth-order valence-electron chi connectivity index (χ4n) is 3.08. The van der Waals surface area contributed by atoms with E-state index in [2.05, 4.69) is 23.1 Å². The molecule has 0 bridgehead atoms. The number of rotatable bonds is 9. The molecular formula is C25H27N3O4S. The van der Waals surface area contributed by atoms with Crippen LogP contribution in [-0.4, -0.2) is 30.1 Å². The van der Waals surface area contributed by atoms with E-state index in [1.54, 1.807) is 30.3 Å². The summed E-state index contributed by atoms with van der Waals surface area (Å²) in [5, 5.41) is 4.42. The Morgan fingerprint density at radius 1 is 0.879 bits per heavy atom. The Labute approximate surface area is 198 Å². The van der Waals surface area contributed by atoms with Crippen molar-refractivity contribution in [1.82, 2.24) is 16.2 Å². The van der Waals surface area contributed by atoms with E-state index in [4.69, 9.17) is 21.7 Å². The van der Waals surface area contributed by atoms with Gasteiger partial charge in [-0.05, 0) is 54.4 Å². The minimum atomic E-state index is -0.441. The fourth-order valence-corrected chi connectivity index (χ4v) is 3.22. The minimum Gasteiger partial charge on any atom is -0.494 e. The van der Waals surface area contributed by atoms with E-state index in [1.807, 2.05) is 36.4 Å². The Balaban J connectivity index is 1.40. The zero-order valence-electron chi connectivity index (χ0n) is 18.4. The van der Waals surface area contributed by atoms with Crippen LogP contribution in [0, 0.1) is 0 Å². The van der Waals surface area contributed by atoms with Crippen molar-refractivity contribution in [2.24, 2.45) is 0 Å². The molecule has 0 atom stereocenters. The number of carbonyl (C=O) groups excluding carboxylic acids is 2. The summed E-state index contributed by atoms with van der Waals surface area (Å²) < 4.78 is 11.3. The number of ether oxygens (including phenoxy) is 2. The van der Waals surface area contributed by atoms with E-state index >= 15 is 0 Å². The molecule has 0 aliphatic rings. The molecule has 0 fully saturated rings. The SMILES string of the molecule is CCCCCOc1ccc(C(=O)NC(=S)NNC(=O)COc2cccc3ccccc23)cc1. The van der Waals surface area contributed by atoms with Gasteiger partial charge >= 0.3 is 0 Å². The van der Waals surface area contributed by atoms with Gasteiger partial charge in [-0.1, -0.05) is 56.2 Å². The van der Waals surface area contributed by atoms with Crippen LogP contribution in [0.4, 0.5) is 0 Å². The van der Waals surface area contributed by atoms with Gasteiger partial charge in [-0.3, -0.25) is 25.8 Å². The molecule has 0 saturated heterocycles. The van der Waals surface area contributed by atoms with Crippen molar-refractivity contribution < 1.29 is 19.1 Å². The highest BCUT2D eigenvalue weighted by atomic mass is 32.1. The highest BCUT2D eigenvalue weighted by Crippen LogP contribution is 2.24. The lowest BCUT2D eigenvalue weighted by atomic mass is 10.1. The van der Waals surface area contributed by atoms with Crippen molar-refractivity contribution in [3.05, 3.63) is 72.3 Å². The topological polar surface area (TPSA) is 88.7 Å². The summed E-state index contributed by atoms with van der Waals surface area (Å²) in [7, 11) is 0. The predicted octanol–water partition coefficient (Wildman–Crippen LogP) is 4.12. The Bertz CT molecular complexity index is 1100. The Hall–Kier alpha value is -3.65. The van der Waals surface area contributed by atoms with Crippen molar-refractivity contribution in [3.8, 4) is 11.5 Å². The maximum absolute atomic E-state index is 12.3. The maximum atomic E-state index is 12.3. The molecule has 0 saturated carbocycles. The lowest BCUT2D eigenvalue weighted by Gasteiger charge is -2.12. The monoisotopic (exact) mass is 465 g/mol. The summed E-state index contributed by atoms with van der Waals surface area (Å²) in [6, 6.07) is 20.2. The molecule has 0 radical (unpaired) electrons. The van der Waals surface area contributed by atoms with Crippen LogP contribution >= 0.6 is 12.2 Å². The third kappa shape index (κ3) is 7.47. The fraction of sp³-hybridized carbons (Fsp3) is 0.240. The Morgan fingerprint density at radius 2 is 1.64 bits per heavy atom. The molecule has 3 aromatic rings. The number of nitrogens with one attached hydrogen (secondary N) is 3. The quantitative estimate of drug-likeness (QED) is 0.250. The first-order valence-electron chi connectivity index (χ1n) is 10.8. The van der Waals surface area contributed by atoms with Crippen LogP contribution in [0.2, 0.25) is 0 Å². The summed E-state index contributed by atoms with van der Waals surface area (Å²) >= 11 is 5.07. The molecule has 3 rings (SSSR count). The molecule has 0 aliphatic heterocycles. The predicted molar refractivity (Wildman–Crippen MR) is 132 cm³/mol. The van der Waals surface area contributed by atoms with Gasteiger partial charge in [-0.2, -0.15) is 0 Å². The molecule has 3 N–H and O–H groups in total. The van der Waals surface area contributed by atoms with Gasteiger partial charge in [0.25, 0.3) is 11.8 Å². The summed E-state index contributed by atoms with van der Waals surface area (Å²) in [6.45, 7) is 2.58.